The second-order valence-corrected chi connectivity index (χ2v) is 10.3. The highest BCUT2D eigenvalue weighted by atomic mass is 16.2. The number of para-hydroxylation sites is 1. The SMILES string of the molecule is Cc1nn2cccnc2c1C(=O)N[C@H](C)c1c2c3c(ccc(C#Cc4cnn(C)c4)c3c(=O)n1-c1ccccc1)NC2=O. The molecule has 6 aromatic rings. The molecule has 11 heteroatoms. The molecule has 0 radical (unpaired) electrons. The molecule has 11 nitrogen and oxygen atoms in total. The summed E-state index contributed by atoms with van der Waals surface area (Å²) in [6.45, 7) is 3.48. The number of benzene rings is 2. The first-order valence-corrected chi connectivity index (χ1v) is 13.6. The van der Waals surface area contributed by atoms with Crippen LogP contribution >= 0.6 is 0 Å². The number of fused-ring (bicyclic) bond motifs is 1. The number of amides is 2. The molecule has 0 unspecified atom stereocenters. The van der Waals surface area contributed by atoms with E-state index in [1.165, 1.54) is 9.08 Å². The Balaban J connectivity index is 1.45. The number of pyridine rings is 1. The van der Waals surface area contributed by atoms with Crippen LogP contribution in [0.5, 0.6) is 0 Å². The van der Waals surface area contributed by atoms with Crippen LogP contribution in [0.3, 0.4) is 0 Å². The van der Waals surface area contributed by atoms with Gasteiger partial charge in [0.05, 0.1) is 45.8 Å². The second-order valence-electron chi connectivity index (χ2n) is 10.3. The van der Waals surface area contributed by atoms with E-state index >= 15 is 0 Å². The van der Waals surface area contributed by atoms with Gasteiger partial charge in [0.1, 0.15) is 5.56 Å². The van der Waals surface area contributed by atoms with Gasteiger partial charge in [0.25, 0.3) is 17.4 Å². The van der Waals surface area contributed by atoms with E-state index in [0.717, 1.165) is 0 Å². The van der Waals surface area contributed by atoms with Crippen LogP contribution in [0.4, 0.5) is 5.69 Å². The van der Waals surface area contributed by atoms with E-state index in [2.05, 4.69) is 37.7 Å². The van der Waals surface area contributed by atoms with Crippen molar-refractivity contribution >= 4 is 33.9 Å². The summed E-state index contributed by atoms with van der Waals surface area (Å²) in [7, 11) is 1.80. The summed E-state index contributed by atoms with van der Waals surface area (Å²) in [6, 6.07) is 13.5. The minimum Gasteiger partial charge on any atom is -0.344 e. The van der Waals surface area contributed by atoms with Gasteiger partial charge >= 0.3 is 0 Å². The van der Waals surface area contributed by atoms with Crippen LogP contribution in [0.2, 0.25) is 0 Å². The van der Waals surface area contributed by atoms with Crippen molar-refractivity contribution in [3.8, 4) is 17.5 Å². The summed E-state index contributed by atoms with van der Waals surface area (Å²) >= 11 is 0. The number of carbonyl (C=O) groups is 2. The van der Waals surface area contributed by atoms with Crippen LogP contribution < -0.4 is 16.2 Å². The van der Waals surface area contributed by atoms with Gasteiger partial charge < -0.3 is 10.6 Å². The van der Waals surface area contributed by atoms with E-state index in [4.69, 9.17) is 0 Å². The summed E-state index contributed by atoms with van der Waals surface area (Å²) in [5.41, 5.74) is 3.76. The molecule has 1 atom stereocenters. The molecule has 0 bridgehead atoms. The first-order chi connectivity index (χ1) is 20.8. The number of anilines is 1. The van der Waals surface area contributed by atoms with E-state index in [9.17, 15) is 14.4 Å². The second kappa shape index (κ2) is 9.81. The number of nitrogens with one attached hydrogen (secondary N) is 2. The Hall–Kier alpha value is -6.02. The Kier molecular flexibility index (Phi) is 5.91. The number of aromatic nitrogens is 6. The van der Waals surface area contributed by atoms with Gasteiger partial charge in [-0.2, -0.15) is 10.2 Å². The monoisotopic (exact) mass is 568 g/mol. The molecule has 0 saturated carbocycles. The van der Waals surface area contributed by atoms with Crippen molar-refractivity contribution < 1.29 is 9.59 Å². The number of rotatable bonds is 4. The van der Waals surface area contributed by atoms with E-state index in [0.29, 0.717) is 61.4 Å². The minimum atomic E-state index is -0.764. The quantitative estimate of drug-likeness (QED) is 0.313. The number of aryl methyl sites for hydroxylation is 2. The van der Waals surface area contributed by atoms with Gasteiger partial charge in [-0.3, -0.25) is 23.6 Å². The molecule has 1 aliphatic heterocycles. The number of nitrogens with zero attached hydrogens (tertiary/aromatic N) is 6. The fraction of sp³-hybridized carbons (Fsp3) is 0.125. The van der Waals surface area contributed by atoms with Gasteiger partial charge in [-0.15, -0.1) is 0 Å². The minimum absolute atomic E-state index is 0.306. The van der Waals surface area contributed by atoms with E-state index < -0.39 is 11.9 Å². The van der Waals surface area contributed by atoms with Crippen LogP contribution in [-0.2, 0) is 7.05 Å². The first kappa shape index (κ1) is 25.9. The Bertz CT molecular complexity index is 2250. The molecule has 0 fully saturated rings. The summed E-state index contributed by atoms with van der Waals surface area (Å²) < 4.78 is 4.68. The average molecular weight is 569 g/mol. The molecular weight excluding hydrogens is 544 g/mol. The zero-order chi connectivity index (χ0) is 29.8. The highest BCUT2D eigenvalue weighted by Gasteiger charge is 2.34. The van der Waals surface area contributed by atoms with Gasteiger partial charge in [0, 0.05) is 42.3 Å². The van der Waals surface area contributed by atoms with Crippen molar-refractivity contribution in [2.75, 3.05) is 5.32 Å². The molecule has 0 aliphatic carbocycles. The third kappa shape index (κ3) is 4.16. The van der Waals surface area contributed by atoms with Crippen molar-refractivity contribution in [1.29, 1.82) is 0 Å². The standard InChI is InChI=1S/C32H24N8O3/c1-18-24(29-33-14-7-15-39(29)37-18)30(41)35-19(2)28-27-26-23(36-31(27)42)13-12-21(11-10-20-16-34-38(3)17-20)25(26)32(43)40(28)22-8-5-4-6-9-22/h4-9,12-17,19H,1-3H3,(H,35,41)(H,36,42)/t19-/m1/s1. The van der Waals surface area contributed by atoms with Crippen molar-refractivity contribution in [3.05, 3.63) is 117 Å². The predicted molar refractivity (Wildman–Crippen MR) is 160 cm³/mol. The molecule has 0 saturated heterocycles. The summed E-state index contributed by atoms with van der Waals surface area (Å²) in [5, 5.41) is 15.3. The van der Waals surface area contributed by atoms with Crippen molar-refractivity contribution in [2.45, 2.75) is 19.9 Å². The normalized spacial score (nSPS) is 12.7. The fourth-order valence-electron chi connectivity index (χ4n) is 5.64. The van der Waals surface area contributed by atoms with Crippen molar-refractivity contribution in [3.63, 3.8) is 0 Å². The maximum absolute atomic E-state index is 14.5. The van der Waals surface area contributed by atoms with Gasteiger partial charge in [0.15, 0.2) is 5.65 Å². The highest BCUT2D eigenvalue weighted by molar-refractivity contribution is 6.25. The van der Waals surface area contributed by atoms with Crippen LogP contribution in [0, 0.1) is 18.8 Å². The molecule has 43 heavy (non-hydrogen) atoms. The van der Waals surface area contributed by atoms with Crippen molar-refractivity contribution in [2.24, 2.45) is 7.05 Å². The molecule has 7 rings (SSSR count). The molecule has 4 aromatic heterocycles. The van der Waals surface area contributed by atoms with Gasteiger partial charge in [0.2, 0.25) is 0 Å². The molecular formula is C32H24N8O3. The third-order valence-corrected chi connectivity index (χ3v) is 7.46. The Morgan fingerprint density at radius 2 is 1.86 bits per heavy atom. The van der Waals surface area contributed by atoms with E-state index in [1.54, 1.807) is 80.7 Å². The third-order valence-electron chi connectivity index (χ3n) is 7.46. The maximum Gasteiger partial charge on any atom is 0.264 e. The molecule has 210 valence electrons. The summed E-state index contributed by atoms with van der Waals surface area (Å²) in [6.07, 6.45) is 6.73. The molecule has 2 N–H and O–H groups in total. The smallest absolute Gasteiger partial charge is 0.264 e. The predicted octanol–water partition coefficient (Wildman–Crippen LogP) is 3.53. The maximum atomic E-state index is 14.5. The Labute approximate surface area is 244 Å². The molecule has 5 heterocycles. The highest BCUT2D eigenvalue weighted by Crippen LogP contribution is 2.38. The molecule has 1 aliphatic rings. The number of carbonyl (C=O) groups excluding carboxylic acids is 2. The largest absolute Gasteiger partial charge is 0.344 e. The lowest BCUT2D eigenvalue weighted by molar-refractivity contribution is 0.0935. The lowest BCUT2D eigenvalue weighted by atomic mass is 9.97. The van der Waals surface area contributed by atoms with Gasteiger partial charge in [-0.25, -0.2) is 9.50 Å². The number of hydrogen-bond donors (Lipinski definition) is 2. The van der Waals surface area contributed by atoms with Gasteiger partial charge in [-0.05, 0) is 44.2 Å². The number of hydrogen-bond acceptors (Lipinski definition) is 6. The van der Waals surface area contributed by atoms with E-state index in [1.807, 2.05) is 18.2 Å². The molecule has 0 spiro atoms. The van der Waals surface area contributed by atoms with Gasteiger partial charge in [-0.1, -0.05) is 30.0 Å². The topological polar surface area (TPSA) is 128 Å². The van der Waals surface area contributed by atoms with Crippen LogP contribution in [0.25, 0.3) is 22.1 Å². The lowest BCUT2D eigenvalue weighted by Gasteiger charge is -2.23. The Morgan fingerprint density at radius 3 is 2.63 bits per heavy atom. The summed E-state index contributed by atoms with van der Waals surface area (Å²) in [4.78, 5) is 46.1. The lowest BCUT2D eigenvalue weighted by Crippen LogP contribution is -2.34. The average Bonchev–Trinajstić information content (AvgIpc) is 3.67. The molecule has 2 amide bonds. The zero-order valence-electron chi connectivity index (χ0n) is 23.4. The summed E-state index contributed by atoms with van der Waals surface area (Å²) in [5.74, 6) is 5.40. The van der Waals surface area contributed by atoms with E-state index in [-0.39, 0.29) is 11.5 Å². The first-order valence-electron chi connectivity index (χ1n) is 13.6. The van der Waals surface area contributed by atoms with Crippen LogP contribution in [0.15, 0.2) is 78.1 Å². The Morgan fingerprint density at radius 1 is 1.05 bits per heavy atom. The zero-order valence-corrected chi connectivity index (χ0v) is 23.4. The van der Waals surface area contributed by atoms with Crippen LogP contribution in [-0.4, -0.2) is 40.8 Å². The van der Waals surface area contributed by atoms with Crippen LogP contribution in [0.1, 0.15) is 56.2 Å². The fourth-order valence-corrected chi connectivity index (χ4v) is 5.64. The molecule has 2 aromatic carbocycles. The van der Waals surface area contributed by atoms with Crippen molar-refractivity contribution in [1.82, 2.24) is 34.3 Å².